The molecule has 0 aliphatic carbocycles. The SMILES string of the molecule is Cc1ccc(/C=C/c2ccc(/C=C/c3cc(C)nc(C)c3)cc2)cc1. The van der Waals surface area contributed by atoms with E-state index in [1.807, 2.05) is 13.8 Å². The van der Waals surface area contributed by atoms with Crippen molar-refractivity contribution in [3.63, 3.8) is 0 Å². The zero-order valence-corrected chi connectivity index (χ0v) is 15.0. The lowest BCUT2D eigenvalue weighted by Crippen LogP contribution is -1.86. The average molecular weight is 325 g/mol. The van der Waals surface area contributed by atoms with E-state index in [1.54, 1.807) is 0 Å². The summed E-state index contributed by atoms with van der Waals surface area (Å²) >= 11 is 0. The van der Waals surface area contributed by atoms with Crippen molar-refractivity contribution in [2.45, 2.75) is 20.8 Å². The van der Waals surface area contributed by atoms with Gasteiger partial charge in [-0.05, 0) is 55.2 Å². The molecule has 2 aromatic carbocycles. The van der Waals surface area contributed by atoms with Gasteiger partial charge in [0.05, 0.1) is 0 Å². The molecule has 0 spiro atoms. The Morgan fingerprint density at radius 3 is 1.32 bits per heavy atom. The van der Waals surface area contributed by atoms with E-state index in [4.69, 9.17) is 0 Å². The molecule has 3 rings (SSSR count). The van der Waals surface area contributed by atoms with Crippen LogP contribution in [0.5, 0.6) is 0 Å². The van der Waals surface area contributed by atoms with Crippen molar-refractivity contribution >= 4 is 24.3 Å². The third kappa shape index (κ3) is 5.02. The van der Waals surface area contributed by atoms with Crippen LogP contribution in [0.4, 0.5) is 0 Å². The zero-order valence-electron chi connectivity index (χ0n) is 15.0. The van der Waals surface area contributed by atoms with Gasteiger partial charge in [0.15, 0.2) is 0 Å². The lowest BCUT2D eigenvalue weighted by molar-refractivity contribution is 1.12. The minimum Gasteiger partial charge on any atom is -0.258 e. The molecule has 0 radical (unpaired) electrons. The molecule has 0 fully saturated rings. The van der Waals surface area contributed by atoms with Crippen molar-refractivity contribution in [3.8, 4) is 0 Å². The number of hydrogen-bond donors (Lipinski definition) is 0. The Bertz CT molecular complexity index is 878. The Morgan fingerprint density at radius 1 is 0.520 bits per heavy atom. The Kier molecular flexibility index (Phi) is 5.25. The van der Waals surface area contributed by atoms with Crippen LogP contribution in [0.2, 0.25) is 0 Å². The molecule has 0 bridgehead atoms. The summed E-state index contributed by atoms with van der Waals surface area (Å²) in [6.07, 6.45) is 8.57. The third-order valence-electron chi connectivity index (χ3n) is 4.05. The molecule has 0 unspecified atom stereocenters. The van der Waals surface area contributed by atoms with Gasteiger partial charge in [-0.25, -0.2) is 0 Å². The topological polar surface area (TPSA) is 12.9 Å². The highest BCUT2D eigenvalue weighted by atomic mass is 14.7. The second-order valence-electron chi connectivity index (χ2n) is 6.43. The quantitative estimate of drug-likeness (QED) is 0.509. The van der Waals surface area contributed by atoms with Crippen LogP contribution in [-0.4, -0.2) is 4.98 Å². The number of pyridine rings is 1. The molecule has 0 saturated carbocycles. The van der Waals surface area contributed by atoms with Crippen LogP contribution >= 0.6 is 0 Å². The maximum Gasteiger partial charge on any atom is 0.0381 e. The summed E-state index contributed by atoms with van der Waals surface area (Å²) in [5, 5.41) is 0. The van der Waals surface area contributed by atoms with Gasteiger partial charge in [0.25, 0.3) is 0 Å². The highest BCUT2D eigenvalue weighted by Crippen LogP contribution is 2.14. The van der Waals surface area contributed by atoms with Gasteiger partial charge < -0.3 is 0 Å². The van der Waals surface area contributed by atoms with Crippen LogP contribution < -0.4 is 0 Å². The fraction of sp³-hybridized carbons (Fsp3) is 0.125. The molecule has 0 aliphatic rings. The Hall–Kier alpha value is -2.93. The minimum absolute atomic E-state index is 1.05. The summed E-state index contributed by atoms with van der Waals surface area (Å²) in [6.45, 7) is 6.16. The fourth-order valence-corrected chi connectivity index (χ4v) is 2.74. The van der Waals surface area contributed by atoms with E-state index in [1.165, 1.54) is 27.8 Å². The lowest BCUT2D eigenvalue weighted by Gasteiger charge is -2.00. The van der Waals surface area contributed by atoms with E-state index < -0.39 is 0 Å². The predicted octanol–water partition coefficient (Wildman–Crippen LogP) is 6.35. The summed E-state index contributed by atoms with van der Waals surface area (Å²) < 4.78 is 0. The smallest absolute Gasteiger partial charge is 0.0381 e. The molecule has 3 aromatic rings. The maximum absolute atomic E-state index is 4.41. The van der Waals surface area contributed by atoms with Crippen molar-refractivity contribution < 1.29 is 0 Å². The molecular formula is C24H23N. The molecular weight excluding hydrogens is 302 g/mol. The molecule has 1 nitrogen and oxygen atoms in total. The molecule has 1 heterocycles. The average Bonchev–Trinajstić information content (AvgIpc) is 2.60. The van der Waals surface area contributed by atoms with Crippen LogP contribution in [0.25, 0.3) is 24.3 Å². The number of benzene rings is 2. The summed E-state index contributed by atoms with van der Waals surface area (Å²) in [7, 11) is 0. The first-order valence-corrected chi connectivity index (χ1v) is 8.57. The largest absolute Gasteiger partial charge is 0.258 e. The van der Waals surface area contributed by atoms with Crippen molar-refractivity contribution in [3.05, 3.63) is 99.9 Å². The lowest BCUT2D eigenvalue weighted by atomic mass is 10.1. The molecule has 1 aromatic heterocycles. The molecule has 0 atom stereocenters. The number of nitrogens with zero attached hydrogens (tertiary/aromatic N) is 1. The van der Waals surface area contributed by atoms with E-state index in [9.17, 15) is 0 Å². The number of aryl methyl sites for hydroxylation is 3. The van der Waals surface area contributed by atoms with Crippen LogP contribution in [0.1, 0.15) is 39.2 Å². The second-order valence-corrected chi connectivity index (χ2v) is 6.43. The van der Waals surface area contributed by atoms with E-state index >= 15 is 0 Å². The van der Waals surface area contributed by atoms with Gasteiger partial charge in [-0.2, -0.15) is 0 Å². The second kappa shape index (κ2) is 7.76. The van der Waals surface area contributed by atoms with Crippen molar-refractivity contribution in [2.75, 3.05) is 0 Å². The first-order valence-electron chi connectivity index (χ1n) is 8.57. The van der Waals surface area contributed by atoms with Crippen LogP contribution in [0.15, 0.2) is 60.7 Å². The molecule has 0 amide bonds. The summed E-state index contributed by atoms with van der Waals surface area (Å²) in [6, 6.07) is 21.3. The molecule has 124 valence electrons. The van der Waals surface area contributed by atoms with E-state index in [0.29, 0.717) is 0 Å². The van der Waals surface area contributed by atoms with Crippen LogP contribution in [-0.2, 0) is 0 Å². The first kappa shape index (κ1) is 16.9. The summed E-state index contributed by atoms with van der Waals surface area (Å²) in [5.74, 6) is 0. The van der Waals surface area contributed by atoms with E-state index in [2.05, 4.69) is 96.9 Å². The van der Waals surface area contributed by atoms with Gasteiger partial charge in [-0.1, -0.05) is 78.4 Å². The number of hydrogen-bond acceptors (Lipinski definition) is 1. The van der Waals surface area contributed by atoms with Gasteiger partial charge in [-0.15, -0.1) is 0 Å². The standard InChI is InChI=1S/C24H23N/c1-18-4-6-21(7-5-18)8-9-22-10-12-23(13-11-22)14-15-24-16-19(2)25-20(3)17-24/h4-17H,1-3H3/b9-8+,15-14+. The monoisotopic (exact) mass is 325 g/mol. The fourth-order valence-electron chi connectivity index (χ4n) is 2.74. The summed E-state index contributed by atoms with van der Waals surface area (Å²) in [4.78, 5) is 4.41. The van der Waals surface area contributed by atoms with Crippen molar-refractivity contribution in [1.29, 1.82) is 0 Å². The number of aromatic nitrogens is 1. The maximum atomic E-state index is 4.41. The molecule has 25 heavy (non-hydrogen) atoms. The van der Waals surface area contributed by atoms with E-state index in [0.717, 1.165) is 11.4 Å². The van der Waals surface area contributed by atoms with Crippen molar-refractivity contribution in [1.82, 2.24) is 4.98 Å². The van der Waals surface area contributed by atoms with Gasteiger partial charge in [0, 0.05) is 11.4 Å². The molecule has 0 N–H and O–H groups in total. The minimum atomic E-state index is 1.05. The Balaban J connectivity index is 1.69. The van der Waals surface area contributed by atoms with Gasteiger partial charge >= 0.3 is 0 Å². The predicted molar refractivity (Wildman–Crippen MR) is 109 cm³/mol. The normalized spacial score (nSPS) is 11.5. The van der Waals surface area contributed by atoms with Gasteiger partial charge in [0.1, 0.15) is 0 Å². The zero-order chi connectivity index (χ0) is 17.6. The number of rotatable bonds is 4. The Labute approximate surface area is 150 Å². The Morgan fingerprint density at radius 2 is 0.880 bits per heavy atom. The third-order valence-corrected chi connectivity index (χ3v) is 4.05. The molecule has 0 aliphatic heterocycles. The van der Waals surface area contributed by atoms with Crippen LogP contribution in [0, 0.1) is 20.8 Å². The van der Waals surface area contributed by atoms with Gasteiger partial charge in [-0.3, -0.25) is 4.98 Å². The molecule has 1 heteroatoms. The van der Waals surface area contributed by atoms with Crippen LogP contribution in [0.3, 0.4) is 0 Å². The van der Waals surface area contributed by atoms with Crippen molar-refractivity contribution in [2.24, 2.45) is 0 Å². The summed E-state index contributed by atoms with van der Waals surface area (Å²) in [5.41, 5.74) is 8.19. The van der Waals surface area contributed by atoms with Gasteiger partial charge in [0.2, 0.25) is 0 Å². The highest BCUT2D eigenvalue weighted by molar-refractivity contribution is 5.73. The highest BCUT2D eigenvalue weighted by Gasteiger charge is 1.94. The van der Waals surface area contributed by atoms with E-state index in [-0.39, 0.29) is 0 Å². The molecule has 0 saturated heterocycles. The first-order chi connectivity index (χ1) is 12.1.